The van der Waals surface area contributed by atoms with E-state index in [2.05, 4.69) is 15.0 Å². The molecule has 7 nitrogen and oxygen atoms in total. The number of carbonyl (C=O) groups is 1. The van der Waals surface area contributed by atoms with Crippen molar-refractivity contribution in [3.8, 4) is 0 Å². The van der Waals surface area contributed by atoms with Gasteiger partial charge in [0.2, 0.25) is 5.96 Å². The van der Waals surface area contributed by atoms with E-state index in [1.165, 1.54) is 12.1 Å². The van der Waals surface area contributed by atoms with Crippen LogP contribution in [0.4, 0.5) is 0 Å². The molecule has 0 saturated carbocycles. The summed E-state index contributed by atoms with van der Waals surface area (Å²) in [6.07, 6.45) is 0. The van der Waals surface area contributed by atoms with Crippen LogP contribution in [0.15, 0.2) is 34.2 Å². The normalized spacial score (nSPS) is 18.6. The Hall–Kier alpha value is -2.09. The summed E-state index contributed by atoms with van der Waals surface area (Å²) < 4.78 is 26.2. The van der Waals surface area contributed by atoms with Gasteiger partial charge < -0.3 is 10.4 Å². The molecule has 19 heavy (non-hydrogen) atoms. The van der Waals surface area contributed by atoms with E-state index >= 15 is 0 Å². The van der Waals surface area contributed by atoms with Crippen molar-refractivity contribution in [2.45, 2.75) is 17.9 Å². The second kappa shape index (κ2) is 4.88. The van der Waals surface area contributed by atoms with Crippen molar-refractivity contribution in [2.75, 3.05) is 6.54 Å². The zero-order valence-corrected chi connectivity index (χ0v) is 10.9. The van der Waals surface area contributed by atoms with Gasteiger partial charge in [0.05, 0.1) is 11.4 Å². The van der Waals surface area contributed by atoms with Crippen LogP contribution in [0.2, 0.25) is 0 Å². The molecule has 2 rings (SSSR count). The fourth-order valence-electron chi connectivity index (χ4n) is 1.54. The number of rotatable bonds is 3. The molecule has 1 aromatic rings. The summed E-state index contributed by atoms with van der Waals surface area (Å²) in [5.41, 5.74) is 0.946. The zero-order valence-electron chi connectivity index (χ0n) is 10.1. The van der Waals surface area contributed by atoms with Crippen LogP contribution in [0.3, 0.4) is 0 Å². The Morgan fingerprint density at radius 2 is 2.05 bits per heavy atom. The van der Waals surface area contributed by atoms with Gasteiger partial charge >= 0.3 is 5.97 Å². The van der Waals surface area contributed by atoms with E-state index in [9.17, 15) is 13.2 Å². The summed E-state index contributed by atoms with van der Waals surface area (Å²) in [6, 6.07) is 5.41. The van der Waals surface area contributed by atoms with Gasteiger partial charge in [-0.25, -0.2) is 22.9 Å². The number of carboxylic acids is 1. The molecule has 0 aliphatic carbocycles. The minimum atomic E-state index is -3.75. The quantitative estimate of drug-likeness (QED) is 0.705. The van der Waals surface area contributed by atoms with Crippen molar-refractivity contribution in [3.63, 3.8) is 0 Å². The van der Waals surface area contributed by atoms with E-state index in [-0.39, 0.29) is 17.4 Å². The van der Waals surface area contributed by atoms with Crippen LogP contribution in [0.1, 0.15) is 5.56 Å². The second-order valence-corrected chi connectivity index (χ2v) is 5.83. The molecule has 0 unspecified atom stereocenters. The molecule has 1 aliphatic rings. The Labute approximate surface area is 110 Å². The maximum absolute atomic E-state index is 12.0. The highest BCUT2D eigenvalue weighted by Gasteiger charge is 2.26. The van der Waals surface area contributed by atoms with Crippen molar-refractivity contribution in [1.82, 2.24) is 10.0 Å². The number of aryl methyl sites for hydroxylation is 1. The first-order valence-electron chi connectivity index (χ1n) is 5.52. The topological polar surface area (TPSA) is 108 Å². The molecule has 0 spiro atoms. The fraction of sp³-hybridized carbons (Fsp3) is 0.273. The van der Waals surface area contributed by atoms with Crippen LogP contribution in [0.25, 0.3) is 0 Å². The summed E-state index contributed by atoms with van der Waals surface area (Å²) >= 11 is 0. The molecule has 1 aliphatic heterocycles. The predicted octanol–water partition coefficient (Wildman–Crippen LogP) is -0.314. The monoisotopic (exact) mass is 283 g/mol. The number of nitrogens with one attached hydrogen (secondary N) is 2. The zero-order chi connectivity index (χ0) is 14.0. The number of guanidine groups is 1. The first-order chi connectivity index (χ1) is 8.88. The first kappa shape index (κ1) is 13.3. The Kier molecular flexibility index (Phi) is 3.43. The smallest absolute Gasteiger partial charge is 0.328 e. The van der Waals surface area contributed by atoms with Gasteiger partial charge in [0, 0.05) is 0 Å². The number of hydrogen-bond donors (Lipinski definition) is 3. The number of aliphatic carboxylic acids is 1. The number of sulfonamides is 1. The molecule has 102 valence electrons. The number of carboxylic acid groups (broad SMARTS) is 1. The first-order valence-corrected chi connectivity index (χ1v) is 7.00. The van der Waals surface area contributed by atoms with Gasteiger partial charge in [0.1, 0.15) is 6.04 Å². The predicted molar refractivity (Wildman–Crippen MR) is 68.4 cm³/mol. The van der Waals surface area contributed by atoms with Crippen molar-refractivity contribution >= 4 is 22.0 Å². The molecule has 0 bridgehead atoms. The molecule has 0 fully saturated rings. The number of nitrogens with zero attached hydrogens (tertiary/aromatic N) is 1. The van der Waals surface area contributed by atoms with E-state index in [1.54, 1.807) is 12.1 Å². The second-order valence-electron chi connectivity index (χ2n) is 4.14. The Morgan fingerprint density at radius 1 is 1.42 bits per heavy atom. The third-order valence-electron chi connectivity index (χ3n) is 2.60. The van der Waals surface area contributed by atoms with Crippen LogP contribution < -0.4 is 10.0 Å². The SMILES string of the molecule is Cc1ccc(S(=O)(=O)NC2=NC[C@@H](C(=O)O)N2)cc1. The highest BCUT2D eigenvalue weighted by Crippen LogP contribution is 2.10. The highest BCUT2D eigenvalue weighted by molar-refractivity contribution is 7.90. The van der Waals surface area contributed by atoms with E-state index in [0.717, 1.165) is 5.56 Å². The summed E-state index contributed by atoms with van der Waals surface area (Å²) in [5.74, 6) is -1.12. The van der Waals surface area contributed by atoms with Gasteiger partial charge in [-0.3, -0.25) is 0 Å². The van der Waals surface area contributed by atoms with E-state index < -0.39 is 22.0 Å². The summed E-state index contributed by atoms with van der Waals surface area (Å²) in [7, 11) is -3.75. The largest absolute Gasteiger partial charge is 0.480 e. The van der Waals surface area contributed by atoms with Crippen molar-refractivity contribution in [3.05, 3.63) is 29.8 Å². The van der Waals surface area contributed by atoms with Crippen molar-refractivity contribution < 1.29 is 18.3 Å². The Bertz CT molecular complexity index is 622. The molecule has 1 heterocycles. The van der Waals surface area contributed by atoms with E-state index in [0.29, 0.717) is 0 Å². The highest BCUT2D eigenvalue weighted by atomic mass is 32.2. The maximum atomic E-state index is 12.0. The lowest BCUT2D eigenvalue weighted by molar-refractivity contribution is -0.138. The van der Waals surface area contributed by atoms with Crippen LogP contribution in [0.5, 0.6) is 0 Å². The lowest BCUT2D eigenvalue weighted by atomic mass is 10.2. The molecule has 0 saturated heterocycles. The fourth-order valence-corrected chi connectivity index (χ4v) is 2.53. The maximum Gasteiger partial charge on any atom is 0.328 e. The third kappa shape index (κ3) is 3.02. The minimum absolute atomic E-state index is 0.00108. The van der Waals surface area contributed by atoms with Gasteiger partial charge in [-0.1, -0.05) is 17.7 Å². The van der Waals surface area contributed by atoms with Gasteiger partial charge in [-0.2, -0.15) is 0 Å². The van der Waals surface area contributed by atoms with Gasteiger partial charge in [0.15, 0.2) is 0 Å². The minimum Gasteiger partial charge on any atom is -0.480 e. The molecule has 0 amide bonds. The van der Waals surface area contributed by atoms with Crippen molar-refractivity contribution in [2.24, 2.45) is 4.99 Å². The van der Waals surface area contributed by atoms with Gasteiger partial charge in [0.25, 0.3) is 10.0 Å². The average molecular weight is 283 g/mol. The Morgan fingerprint density at radius 3 is 2.58 bits per heavy atom. The van der Waals surface area contributed by atoms with Crippen LogP contribution in [-0.2, 0) is 14.8 Å². The molecule has 1 atom stereocenters. The Balaban J connectivity index is 2.11. The summed E-state index contributed by atoms with van der Waals surface area (Å²) in [4.78, 5) is 14.6. The summed E-state index contributed by atoms with van der Waals surface area (Å²) in [6.45, 7) is 1.85. The van der Waals surface area contributed by atoms with Gasteiger partial charge in [-0.15, -0.1) is 0 Å². The number of hydrogen-bond acceptors (Lipinski definition) is 5. The molecular formula is C11H13N3O4S. The van der Waals surface area contributed by atoms with Crippen molar-refractivity contribution in [1.29, 1.82) is 0 Å². The average Bonchev–Trinajstić information content (AvgIpc) is 2.77. The summed E-state index contributed by atoms with van der Waals surface area (Å²) in [5, 5.41) is 11.3. The molecule has 0 aromatic heterocycles. The van der Waals surface area contributed by atoms with Crippen LogP contribution in [0, 0.1) is 6.92 Å². The third-order valence-corrected chi connectivity index (χ3v) is 3.96. The lowest BCUT2D eigenvalue weighted by Crippen LogP contribution is -2.44. The molecular weight excluding hydrogens is 270 g/mol. The molecule has 0 radical (unpaired) electrons. The lowest BCUT2D eigenvalue weighted by Gasteiger charge is -2.10. The van der Waals surface area contributed by atoms with Crippen LogP contribution in [-0.4, -0.2) is 38.0 Å². The molecule has 1 aromatic carbocycles. The molecule has 8 heteroatoms. The number of aliphatic imine (C=N–C) groups is 1. The molecule has 3 N–H and O–H groups in total. The van der Waals surface area contributed by atoms with E-state index in [1.807, 2.05) is 6.92 Å². The number of benzene rings is 1. The standard InChI is InChI=1S/C11H13N3O4S/c1-7-2-4-8(5-3-7)19(17,18)14-11-12-6-9(13-11)10(15)16/h2-5,9H,6H2,1H3,(H,15,16)(H2,12,13,14)/t9-/m0/s1. The van der Waals surface area contributed by atoms with Crippen LogP contribution >= 0.6 is 0 Å². The van der Waals surface area contributed by atoms with E-state index in [4.69, 9.17) is 5.11 Å². The van der Waals surface area contributed by atoms with Gasteiger partial charge in [-0.05, 0) is 19.1 Å².